The molecule has 1 aliphatic heterocycles. The van der Waals surface area contributed by atoms with Crippen molar-refractivity contribution in [3.8, 4) is 0 Å². The van der Waals surface area contributed by atoms with Crippen LogP contribution < -0.4 is 11.1 Å². The lowest BCUT2D eigenvalue weighted by Gasteiger charge is -2.19. The highest BCUT2D eigenvalue weighted by molar-refractivity contribution is 6.31. The van der Waals surface area contributed by atoms with E-state index in [4.69, 9.17) is 17.3 Å². The fraction of sp³-hybridized carbons (Fsp3) is 0.533. The van der Waals surface area contributed by atoms with Crippen LogP contribution in [0.1, 0.15) is 26.2 Å². The van der Waals surface area contributed by atoms with Gasteiger partial charge in [0.05, 0.1) is 17.9 Å². The van der Waals surface area contributed by atoms with Gasteiger partial charge < -0.3 is 11.1 Å². The minimum atomic E-state index is -0.0338. The average Bonchev–Trinajstić information content (AvgIpc) is 2.59. The van der Waals surface area contributed by atoms with Gasteiger partial charge in [-0.25, -0.2) is 0 Å². The number of halogens is 1. The number of rotatable bonds is 3. The van der Waals surface area contributed by atoms with Crippen LogP contribution in [0.5, 0.6) is 0 Å². The number of nitrogens with one attached hydrogen (secondary N) is 1. The summed E-state index contributed by atoms with van der Waals surface area (Å²) in [5.74, 6) is 0.722. The van der Waals surface area contributed by atoms with Gasteiger partial charge in [-0.3, -0.25) is 9.69 Å². The van der Waals surface area contributed by atoms with E-state index in [1.807, 2.05) is 0 Å². The van der Waals surface area contributed by atoms with E-state index < -0.39 is 0 Å². The summed E-state index contributed by atoms with van der Waals surface area (Å²) in [5, 5.41) is 3.41. The zero-order valence-corrected chi connectivity index (χ0v) is 12.6. The number of nitrogens with two attached hydrogens (primary N) is 1. The first-order valence-electron chi connectivity index (χ1n) is 7.12. The summed E-state index contributed by atoms with van der Waals surface area (Å²) in [6.45, 7) is 4.66. The van der Waals surface area contributed by atoms with Crippen molar-refractivity contribution in [3.05, 3.63) is 23.2 Å². The summed E-state index contributed by atoms with van der Waals surface area (Å²) in [6.07, 6.45) is 3.57. The van der Waals surface area contributed by atoms with Crippen LogP contribution in [0.25, 0.3) is 0 Å². The molecule has 110 valence electrons. The Bertz CT molecular complexity index is 478. The summed E-state index contributed by atoms with van der Waals surface area (Å²) >= 11 is 5.91. The Hall–Kier alpha value is -1.26. The second kappa shape index (κ2) is 6.95. The molecule has 1 atom stereocenters. The molecule has 1 aromatic rings. The molecular formula is C15H22ClN3O. The van der Waals surface area contributed by atoms with Gasteiger partial charge in [0.1, 0.15) is 0 Å². The van der Waals surface area contributed by atoms with Gasteiger partial charge in [0.25, 0.3) is 0 Å². The molecule has 20 heavy (non-hydrogen) atoms. The van der Waals surface area contributed by atoms with Gasteiger partial charge in [0.15, 0.2) is 0 Å². The lowest BCUT2D eigenvalue weighted by molar-refractivity contribution is -0.117. The molecule has 1 aliphatic rings. The number of amides is 1. The lowest BCUT2D eigenvalue weighted by Crippen LogP contribution is -2.34. The molecule has 1 fully saturated rings. The molecule has 4 nitrogen and oxygen atoms in total. The average molecular weight is 296 g/mol. The van der Waals surface area contributed by atoms with E-state index in [9.17, 15) is 4.79 Å². The van der Waals surface area contributed by atoms with E-state index in [-0.39, 0.29) is 5.91 Å². The van der Waals surface area contributed by atoms with Crippen molar-refractivity contribution >= 4 is 28.9 Å². The smallest absolute Gasteiger partial charge is 0.238 e. The number of nitrogens with zero attached hydrogens (tertiary/aromatic N) is 1. The number of benzene rings is 1. The number of anilines is 2. The van der Waals surface area contributed by atoms with Crippen LogP contribution in [-0.4, -0.2) is 30.4 Å². The maximum absolute atomic E-state index is 12.1. The summed E-state index contributed by atoms with van der Waals surface area (Å²) in [6, 6.07) is 5.09. The van der Waals surface area contributed by atoms with Gasteiger partial charge in [0.2, 0.25) is 5.91 Å². The predicted octanol–water partition coefficient (Wildman–Crippen LogP) is 2.98. The molecule has 3 N–H and O–H groups in total. The van der Waals surface area contributed by atoms with Crippen molar-refractivity contribution in [1.82, 2.24) is 4.90 Å². The first kappa shape index (κ1) is 15.1. The molecule has 0 spiro atoms. The first-order valence-corrected chi connectivity index (χ1v) is 7.49. The molecular weight excluding hydrogens is 274 g/mol. The fourth-order valence-electron chi connectivity index (χ4n) is 2.51. The molecule has 1 heterocycles. The van der Waals surface area contributed by atoms with Crippen LogP contribution >= 0.6 is 11.6 Å². The fourth-order valence-corrected chi connectivity index (χ4v) is 2.68. The third-order valence-corrected chi connectivity index (χ3v) is 4.00. The topological polar surface area (TPSA) is 58.4 Å². The number of likely N-dealkylation sites (tertiary alicyclic amines) is 1. The quantitative estimate of drug-likeness (QED) is 0.843. The van der Waals surface area contributed by atoms with Crippen molar-refractivity contribution < 1.29 is 4.79 Å². The van der Waals surface area contributed by atoms with Gasteiger partial charge >= 0.3 is 0 Å². The van der Waals surface area contributed by atoms with Gasteiger partial charge in [-0.05, 0) is 56.5 Å². The zero-order valence-electron chi connectivity index (χ0n) is 11.9. The van der Waals surface area contributed by atoms with E-state index in [2.05, 4.69) is 17.1 Å². The number of nitrogen functional groups attached to an aromatic ring is 1. The molecule has 1 aromatic carbocycles. The first-order chi connectivity index (χ1) is 9.54. The SMILES string of the molecule is CC1CCCN(CC(=O)Nc2cc(Cl)ccc2N)CC1. The number of carbonyl (C=O) groups is 1. The van der Waals surface area contributed by atoms with Crippen LogP contribution in [-0.2, 0) is 4.79 Å². The highest BCUT2D eigenvalue weighted by Gasteiger charge is 2.16. The number of hydrogen-bond acceptors (Lipinski definition) is 3. The van der Waals surface area contributed by atoms with Crippen molar-refractivity contribution in [2.24, 2.45) is 5.92 Å². The van der Waals surface area contributed by atoms with Gasteiger partial charge in [0, 0.05) is 5.02 Å². The van der Waals surface area contributed by atoms with Crippen molar-refractivity contribution in [2.45, 2.75) is 26.2 Å². The Morgan fingerprint density at radius 3 is 3.05 bits per heavy atom. The van der Waals surface area contributed by atoms with E-state index >= 15 is 0 Å². The molecule has 0 radical (unpaired) electrons. The molecule has 2 rings (SSSR count). The maximum atomic E-state index is 12.1. The molecule has 5 heteroatoms. The third kappa shape index (κ3) is 4.39. The molecule has 1 unspecified atom stereocenters. The Morgan fingerprint density at radius 2 is 2.25 bits per heavy atom. The minimum absolute atomic E-state index is 0.0338. The van der Waals surface area contributed by atoms with Crippen molar-refractivity contribution in [2.75, 3.05) is 30.7 Å². The van der Waals surface area contributed by atoms with Crippen LogP contribution in [0.4, 0.5) is 11.4 Å². The molecule has 1 saturated heterocycles. The molecule has 0 bridgehead atoms. The Morgan fingerprint density at radius 1 is 1.45 bits per heavy atom. The minimum Gasteiger partial charge on any atom is -0.397 e. The third-order valence-electron chi connectivity index (χ3n) is 3.77. The van der Waals surface area contributed by atoms with Crippen LogP contribution in [0.3, 0.4) is 0 Å². The highest BCUT2D eigenvalue weighted by Crippen LogP contribution is 2.23. The van der Waals surface area contributed by atoms with Crippen LogP contribution in [0.15, 0.2) is 18.2 Å². The summed E-state index contributed by atoms with van der Waals surface area (Å²) < 4.78 is 0. The Labute approximate surface area is 125 Å². The second-order valence-electron chi connectivity index (χ2n) is 5.59. The van der Waals surface area contributed by atoms with Crippen molar-refractivity contribution in [3.63, 3.8) is 0 Å². The largest absolute Gasteiger partial charge is 0.397 e. The lowest BCUT2D eigenvalue weighted by atomic mass is 10.0. The van der Waals surface area contributed by atoms with Crippen LogP contribution in [0.2, 0.25) is 5.02 Å². The molecule has 0 aromatic heterocycles. The Kier molecular flexibility index (Phi) is 5.26. The summed E-state index contributed by atoms with van der Waals surface area (Å²) in [4.78, 5) is 14.3. The van der Waals surface area contributed by atoms with Crippen LogP contribution in [0, 0.1) is 5.92 Å². The van der Waals surface area contributed by atoms with Gasteiger partial charge in [-0.1, -0.05) is 18.5 Å². The summed E-state index contributed by atoms with van der Waals surface area (Å²) in [7, 11) is 0. The zero-order chi connectivity index (χ0) is 14.5. The molecule has 1 amide bonds. The summed E-state index contributed by atoms with van der Waals surface area (Å²) in [5.41, 5.74) is 6.95. The highest BCUT2D eigenvalue weighted by atomic mass is 35.5. The Balaban J connectivity index is 1.90. The van der Waals surface area contributed by atoms with E-state index in [0.29, 0.717) is 22.9 Å². The maximum Gasteiger partial charge on any atom is 0.238 e. The van der Waals surface area contributed by atoms with E-state index in [1.54, 1.807) is 18.2 Å². The van der Waals surface area contributed by atoms with Crippen molar-refractivity contribution in [1.29, 1.82) is 0 Å². The molecule has 0 saturated carbocycles. The second-order valence-corrected chi connectivity index (χ2v) is 6.03. The monoisotopic (exact) mass is 295 g/mol. The van der Waals surface area contributed by atoms with E-state index in [0.717, 1.165) is 31.8 Å². The standard InChI is InChI=1S/C15H22ClN3O/c1-11-3-2-7-19(8-6-11)10-15(20)18-14-9-12(16)4-5-13(14)17/h4-5,9,11H,2-3,6-8,10,17H2,1H3,(H,18,20). The molecule has 0 aliphatic carbocycles. The van der Waals surface area contributed by atoms with E-state index in [1.165, 1.54) is 6.42 Å². The number of hydrogen-bond donors (Lipinski definition) is 2. The normalized spacial score (nSPS) is 20.4. The van der Waals surface area contributed by atoms with Gasteiger partial charge in [-0.15, -0.1) is 0 Å². The predicted molar refractivity (Wildman–Crippen MR) is 83.9 cm³/mol. The number of carbonyl (C=O) groups excluding carboxylic acids is 1. The van der Waals surface area contributed by atoms with Gasteiger partial charge in [-0.2, -0.15) is 0 Å².